The van der Waals surface area contributed by atoms with Gasteiger partial charge in [0.25, 0.3) is 10.0 Å². The predicted octanol–water partition coefficient (Wildman–Crippen LogP) is 3.74. The Hall–Kier alpha value is -3.13. The maximum absolute atomic E-state index is 12.6. The number of sulfonamides is 1. The molecular formula is C21H23N5O2S. The normalized spacial score (nSPS) is 12.0. The lowest BCUT2D eigenvalue weighted by molar-refractivity contribution is 0.510. The van der Waals surface area contributed by atoms with Gasteiger partial charge in [0.1, 0.15) is 5.82 Å². The fraction of sp³-hybridized carbons (Fsp3) is 0.238. The van der Waals surface area contributed by atoms with E-state index in [0.29, 0.717) is 18.2 Å². The summed E-state index contributed by atoms with van der Waals surface area (Å²) in [6.45, 7) is 5.76. The quantitative estimate of drug-likeness (QED) is 0.504. The third-order valence-electron chi connectivity index (χ3n) is 4.56. The Morgan fingerprint density at radius 1 is 1.10 bits per heavy atom. The highest BCUT2D eigenvalue weighted by Gasteiger charge is 2.16. The monoisotopic (exact) mass is 409 g/mol. The molecule has 0 unspecified atom stereocenters. The molecule has 1 N–H and O–H groups in total. The van der Waals surface area contributed by atoms with Crippen molar-refractivity contribution in [3.05, 3.63) is 73.1 Å². The van der Waals surface area contributed by atoms with E-state index >= 15 is 0 Å². The number of hydrogen-bond donors (Lipinski definition) is 1. The van der Waals surface area contributed by atoms with Gasteiger partial charge >= 0.3 is 0 Å². The molecule has 2 aromatic carbocycles. The third kappa shape index (κ3) is 4.17. The van der Waals surface area contributed by atoms with Crippen molar-refractivity contribution in [2.45, 2.75) is 31.8 Å². The number of nitrogens with one attached hydrogen (secondary N) is 1. The molecular weight excluding hydrogens is 386 g/mol. The van der Waals surface area contributed by atoms with Gasteiger partial charge in [-0.15, -0.1) is 0 Å². The van der Waals surface area contributed by atoms with E-state index in [1.165, 1.54) is 0 Å². The van der Waals surface area contributed by atoms with Gasteiger partial charge in [-0.3, -0.25) is 4.72 Å². The number of anilines is 1. The van der Waals surface area contributed by atoms with Crippen LogP contribution in [0.25, 0.3) is 11.0 Å². The molecule has 0 aliphatic carbocycles. The minimum Gasteiger partial charge on any atom is -0.330 e. The smallest absolute Gasteiger partial charge is 0.261 e. The Labute approximate surface area is 170 Å². The van der Waals surface area contributed by atoms with Gasteiger partial charge in [-0.25, -0.2) is 18.4 Å². The van der Waals surface area contributed by atoms with Crippen molar-refractivity contribution in [1.82, 2.24) is 19.1 Å². The minimum atomic E-state index is -3.64. The number of rotatable bonds is 7. The van der Waals surface area contributed by atoms with Crippen LogP contribution in [0, 0.1) is 5.92 Å². The summed E-state index contributed by atoms with van der Waals surface area (Å²) in [6.07, 6.45) is 5.41. The van der Waals surface area contributed by atoms with Crippen LogP contribution in [0.1, 0.15) is 19.7 Å². The molecule has 0 amide bonds. The zero-order valence-corrected chi connectivity index (χ0v) is 17.2. The summed E-state index contributed by atoms with van der Waals surface area (Å²) in [5.41, 5.74) is 2.23. The van der Waals surface area contributed by atoms with Gasteiger partial charge in [-0.05, 0) is 36.2 Å². The van der Waals surface area contributed by atoms with E-state index in [-0.39, 0.29) is 4.90 Å². The van der Waals surface area contributed by atoms with Gasteiger partial charge < -0.3 is 9.13 Å². The highest BCUT2D eigenvalue weighted by Crippen LogP contribution is 2.24. The average molecular weight is 410 g/mol. The molecule has 8 heteroatoms. The molecule has 0 saturated heterocycles. The van der Waals surface area contributed by atoms with Crippen LogP contribution in [0.4, 0.5) is 5.69 Å². The first-order valence-electron chi connectivity index (χ1n) is 9.45. The first-order chi connectivity index (χ1) is 13.9. The summed E-state index contributed by atoms with van der Waals surface area (Å²) in [5, 5.41) is 0. The van der Waals surface area contributed by atoms with Crippen LogP contribution >= 0.6 is 0 Å². The minimum absolute atomic E-state index is 0.228. The fourth-order valence-corrected chi connectivity index (χ4v) is 4.36. The van der Waals surface area contributed by atoms with E-state index in [0.717, 1.165) is 23.4 Å². The number of benzene rings is 2. The Bertz CT molecular complexity index is 1210. The summed E-state index contributed by atoms with van der Waals surface area (Å²) >= 11 is 0. The Kier molecular flexibility index (Phi) is 5.10. The van der Waals surface area contributed by atoms with Crippen LogP contribution in [0.15, 0.2) is 72.1 Å². The second-order valence-corrected chi connectivity index (χ2v) is 9.07. The van der Waals surface area contributed by atoms with Crippen molar-refractivity contribution < 1.29 is 8.42 Å². The van der Waals surface area contributed by atoms with Gasteiger partial charge in [-0.1, -0.05) is 32.0 Å². The van der Waals surface area contributed by atoms with Crippen molar-refractivity contribution in [1.29, 1.82) is 0 Å². The van der Waals surface area contributed by atoms with Crippen LogP contribution in [0.5, 0.6) is 0 Å². The van der Waals surface area contributed by atoms with Gasteiger partial charge in [0, 0.05) is 18.9 Å². The van der Waals surface area contributed by atoms with Gasteiger partial charge in [0.05, 0.1) is 34.5 Å². The maximum atomic E-state index is 12.6. The van der Waals surface area contributed by atoms with Crippen molar-refractivity contribution in [2.24, 2.45) is 5.92 Å². The zero-order chi connectivity index (χ0) is 20.4. The first kappa shape index (κ1) is 19.2. The molecule has 2 aromatic heterocycles. The summed E-state index contributed by atoms with van der Waals surface area (Å²) in [7, 11) is -3.64. The Morgan fingerprint density at radius 3 is 2.59 bits per heavy atom. The van der Waals surface area contributed by atoms with Crippen LogP contribution in [0.2, 0.25) is 0 Å². The van der Waals surface area contributed by atoms with Crippen molar-refractivity contribution >= 4 is 26.7 Å². The van der Waals surface area contributed by atoms with E-state index in [2.05, 4.69) is 28.1 Å². The number of nitrogens with zero attached hydrogens (tertiary/aromatic N) is 4. The predicted molar refractivity (Wildman–Crippen MR) is 113 cm³/mol. The Morgan fingerprint density at radius 2 is 1.90 bits per heavy atom. The molecule has 7 nitrogen and oxygen atoms in total. The summed E-state index contributed by atoms with van der Waals surface area (Å²) in [5.74, 6) is 1.36. The number of aromatic nitrogens is 4. The lowest BCUT2D eigenvalue weighted by Crippen LogP contribution is -2.12. The summed E-state index contributed by atoms with van der Waals surface area (Å²) in [4.78, 5) is 9.11. The van der Waals surface area contributed by atoms with Crippen LogP contribution < -0.4 is 4.72 Å². The first-order valence-corrected chi connectivity index (χ1v) is 10.9. The van der Waals surface area contributed by atoms with Crippen molar-refractivity contribution in [3.8, 4) is 0 Å². The molecule has 0 fully saturated rings. The number of fused-ring (bicyclic) bond motifs is 1. The van der Waals surface area contributed by atoms with E-state index in [1.54, 1.807) is 55.0 Å². The standard InChI is InChI=1S/C21H23N5O2S/c1-16(2)13-26-20-9-8-17(24-29(27,28)18-6-4-3-5-7-18)12-19(20)23-21(26)14-25-11-10-22-15-25/h3-12,15-16,24H,13-14H2,1-2H3. The summed E-state index contributed by atoms with van der Waals surface area (Å²) in [6, 6.07) is 13.8. The lowest BCUT2D eigenvalue weighted by atomic mass is 10.2. The van der Waals surface area contributed by atoms with Crippen LogP contribution in [-0.2, 0) is 23.1 Å². The van der Waals surface area contributed by atoms with Crippen molar-refractivity contribution in [3.63, 3.8) is 0 Å². The SMILES string of the molecule is CC(C)Cn1c(Cn2ccnc2)nc2cc(NS(=O)(=O)c3ccccc3)ccc21. The fourth-order valence-electron chi connectivity index (χ4n) is 3.29. The molecule has 0 aliphatic rings. The van der Waals surface area contributed by atoms with Crippen LogP contribution in [-0.4, -0.2) is 27.5 Å². The highest BCUT2D eigenvalue weighted by molar-refractivity contribution is 7.92. The molecule has 0 aliphatic heterocycles. The molecule has 0 bridgehead atoms. The maximum Gasteiger partial charge on any atom is 0.261 e. The molecule has 2 heterocycles. The highest BCUT2D eigenvalue weighted by atomic mass is 32.2. The molecule has 0 radical (unpaired) electrons. The largest absolute Gasteiger partial charge is 0.330 e. The zero-order valence-electron chi connectivity index (χ0n) is 16.4. The lowest BCUT2D eigenvalue weighted by Gasteiger charge is -2.12. The molecule has 4 aromatic rings. The third-order valence-corrected chi connectivity index (χ3v) is 5.96. The average Bonchev–Trinajstić information content (AvgIpc) is 3.30. The molecule has 0 spiro atoms. The van der Waals surface area contributed by atoms with E-state index in [4.69, 9.17) is 4.98 Å². The van der Waals surface area contributed by atoms with E-state index < -0.39 is 10.0 Å². The van der Waals surface area contributed by atoms with E-state index in [1.807, 2.05) is 16.8 Å². The summed E-state index contributed by atoms with van der Waals surface area (Å²) < 4.78 is 32.0. The van der Waals surface area contributed by atoms with Gasteiger partial charge in [0.2, 0.25) is 0 Å². The van der Waals surface area contributed by atoms with Gasteiger partial charge in [-0.2, -0.15) is 0 Å². The molecule has 0 saturated carbocycles. The molecule has 0 atom stereocenters. The second-order valence-electron chi connectivity index (χ2n) is 7.39. The molecule has 4 rings (SSSR count). The topological polar surface area (TPSA) is 81.8 Å². The molecule has 29 heavy (non-hydrogen) atoms. The number of imidazole rings is 2. The van der Waals surface area contributed by atoms with Gasteiger partial charge in [0.15, 0.2) is 0 Å². The van der Waals surface area contributed by atoms with E-state index in [9.17, 15) is 8.42 Å². The Balaban J connectivity index is 1.70. The second kappa shape index (κ2) is 7.71. The number of hydrogen-bond acceptors (Lipinski definition) is 4. The molecule has 150 valence electrons. The van der Waals surface area contributed by atoms with Crippen LogP contribution in [0.3, 0.4) is 0 Å². The van der Waals surface area contributed by atoms with Crippen molar-refractivity contribution in [2.75, 3.05) is 4.72 Å².